The number of rotatable bonds is 3. The lowest BCUT2D eigenvalue weighted by atomic mass is 10.1. The van der Waals surface area contributed by atoms with E-state index in [9.17, 15) is 0 Å². The van der Waals surface area contributed by atoms with Crippen molar-refractivity contribution in [1.82, 2.24) is 4.98 Å². The van der Waals surface area contributed by atoms with E-state index < -0.39 is 0 Å². The number of hydrogen-bond donors (Lipinski definition) is 2. The summed E-state index contributed by atoms with van der Waals surface area (Å²) in [6.45, 7) is 3.79. The second-order valence-electron chi connectivity index (χ2n) is 5.48. The first-order valence-electron chi connectivity index (χ1n) is 7.78. The fraction of sp³-hybridized carbons (Fsp3) is 0.105. The molecule has 0 atom stereocenters. The number of benzene rings is 1. The van der Waals surface area contributed by atoms with Crippen molar-refractivity contribution < 1.29 is 4.42 Å². The van der Waals surface area contributed by atoms with E-state index in [4.69, 9.17) is 15.9 Å². The second-order valence-corrected chi connectivity index (χ2v) is 6.48. The maximum absolute atomic E-state index is 5.32. The Balaban J connectivity index is 1.83. The highest BCUT2D eigenvalue weighted by atomic mass is 32.1. The van der Waals surface area contributed by atoms with Gasteiger partial charge in [-0.15, -0.1) is 16.4 Å². The molecular weight excluding hydrogens is 346 g/mol. The monoisotopic (exact) mass is 363 g/mol. The molecule has 0 saturated heterocycles. The molecule has 4 N–H and O–H groups in total. The first-order chi connectivity index (χ1) is 12.5. The summed E-state index contributed by atoms with van der Waals surface area (Å²) in [5.74, 6) is 6.08. The van der Waals surface area contributed by atoms with Crippen LogP contribution in [-0.2, 0) is 0 Å². The summed E-state index contributed by atoms with van der Waals surface area (Å²) in [6, 6.07) is 9.78. The van der Waals surface area contributed by atoms with Crippen molar-refractivity contribution in [3.63, 3.8) is 0 Å². The summed E-state index contributed by atoms with van der Waals surface area (Å²) in [5, 5.41) is 8.63. The molecule has 0 bridgehead atoms. The van der Waals surface area contributed by atoms with Gasteiger partial charge in [0.05, 0.1) is 28.1 Å². The second kappa shape index (κ2) is 7.68. The Hall–Kier alpha value is -3.37. The molecule has 3 aromatic rings. The van der Waals surface area contributed by atoms with Gasteiger partial charge >= 0.3 is 0 Å². The van der Waals surface area contributed by atoms with Gasteiger partial charge in [0.1, 0.15) is 11.3 Å². The molecule has 0 saturated carbocycles. The predicted molar refractivity (Wildman–Crippen MR) is 105 cm³/mol. The molecule has 0 aliphatic rings. The number of nitrogens with two attached hydrogens (primary N) is 2. The van der Waals surface area contributed by atoms with E-state index in [1.807, 2.05) is 44.2 Å². The van der Waals surface area contributed by atoms with Crippen LogP contribution in [0.25, 0.3) is 10.6 Å². The van der Waals surface area contributed by atoms with Crippen molar-refractivity contribution in [2.24, 2.45) is 21.7 Å². The summed E-state index contributed by atoms with van der Waals surface area (Å²) in [7, 11) is 0. The molecule has 0 spiro atoms. The molecule has 0 unspecified atom stereocenters. The zero-order valence-corrected chi connectivity index (χ0v) is 15.2. The molecule has 1 aromatic carbocycles. The van der Waals surface area contributed by atoms with E-state index in [0.717, 1.165) is 38.0 Å². The average molecular weight is 363 g/mol. The minimum atomic E-state index is -0.0705. The van der Waals surface area contributed by atoms with Gasteiger partial charge in [0, 0.05) is 11.1 Å². The molecule has 2 aromatic heterocycles. The van der Waals surface area contributed by atoms with Crippen LogP contribution in [0.3, 0.4) is 0 Å². The summed E-state index contributed by atoms with van der Waals surface area (Å²) in [4.78, 5) is 5.58. The fourth-order valence-corrected chi connectivity index (χ4v) is 3.22. The maximum Gasteiger partial charge on any atom is 0.211 e. The predicted octanol–water partition coefficient (Wildman–Crippen LogP) is 3.11. The molecule has 3 rings (SSSR count). The van der Waals surface area contributed by atoms with Gasteiger partial charge in [0.15, 0.2) is 0 Å². The van der Waals surface area contributed by atoms with Crippen molar-refractivity contribution in [3.8, 4) is 22.4 Å². The summed E-state index contributed by atoms with van der Waals surface area (Å²) >= 11 is 1.55. The number of nitrogens with zero attached hydrogens (tertiary/aromatic N) is 3. The molecule has 7 heteroatoms. The maximum atomic E-state index is 5.32. The zero-order chi connectivity index (χ0) is 18.5. The molecule has 130 valence electrons. The summed E-state index contributed by atoms with van der Waals surface area (Å²) in [6.07, 6.45) is 3.22. The third-order valence-electron chi connectivity index (χ3n) is 3.44. The topological polar surface area (TPSA) is 103 Å². The molecule has 0 aliphatic carbocycles. The average Bonchev–Trinajstić information content (AvgIpc) is 3.28. The van der Waals surface area contributed by atoms with Crippen LogP contribution in [0.4, 0.5) is 0 Å². The SMILES string of the molecule is C/C(=N\N=C(N)N)c1sc(-c2ccc(C#Cc3ccoc3)cc2)nc1C. The smallest absolute Gasteiger partial charge is 0.211 e. The normalized spacial score (nSPS) is 10.9. The lowest BCUT2D eigenvalue weighted by molar-refractivity contribution is 0.566. The number of aromatic nitrogens is 1. The van der Waals surface area contributed by atoms with Gasteiger partial charge in [-0.25, -0.2) is 4.98 Å². The number of furan rings is 1. The Labute approximate surface area is 155 Å². The van der Waals surface area contributed by atoms with E-state index in [1.54, 1.807) is 23.9 Å². The van der Waals surface area contributed by atoms with Crippen LogP contribution in [0.15, 0.2) is 57.5 Å². The quantitative estimate of drug-likeness (QED) is 0.323. The fourth-order valence-electron chi connectivity index (χ4n) is 2.21. The Morgan fingerprint density at radius 1 is 1.08 bits per heavy atom. The Morgan fingerprint density at radius 2 is 1.81 bits per heavy atom. The standard InChI is InChI=1S/C19H17N5OS/c1-12-17(13(2)23-24-19(20)21)26-18(22-12)16-7-5-14(6-8-16)3-4-15-9-10-25-11-15/h5-11H,1-2H3,(H4,20,21,24)/b23-13+. The Kier molecular flexibility index (Phi) is 5.15. The number of aryl methyl sites for hydroxylation is 1. The highest BCUT2D eigenvalue weighted by Gasteiger charge is 2.12. The minimum Gasteiger partial charge on any atom is -0.471 e. The third-order valence-corrected chi connectivity index (χ3v) is 4.76. The van der Waals surface area contributed by atoms with Crippen LogP contribution in [0.1, 0.15) is 28.6 Å². The van der Waals surface area contributed by atoms with E-state index in [-0.39, 0.29) is 5.96 Å². The number of guanidine groups is 1. The molecule has 0 amide bonds. The first-order valence-corrected chi connectivity index (χ1v) is 8.60. The van der Waals surface area contributed by atoms with Gasteiger partial charge in [-0.05, 0) is 32.0 Å². The Bertz CT molecular complexity index is 1010. The van der Waals surface area contributed by atoms with Crippen LogP contribution in [0.2, 0.25) is 0 Å². The number of hydrogen-bond acceptors (Lipinski definition) is 5. The van der Waals surface area contributed by atoms with Crippen molar-refractivity contribution in [2.45, 2.75) is 13.8 Å². The lowest BCUT2D eigenvalue weighted by Crippen LogP contribution is -2.22. The van der Waals surface area contributed by atoms with Crippen molar-refractivity contribution in [2.75, 3.05) is 0 Å². The molecular formula is C19H17N5OS. The molecule has 0 aliphatic heterocycles. The van der Waals surface area contributed by atoms with Crippen LogP contribution in [-0.4, -0.2) is 16.7 Å². The van der Waals surface area contributed by atoms with Crippen molar-refractivity contribution >= 4 is 23.0 Å². The zero-order valence-electron chi connectivity index (χ0n) is 14.4. The van der Waals surface area contributed by atoms with Gasteiger partial charge in [-0.2, -0.15) is 5.10 Å². The summed E-state index contributed by atoms with van der Waals surface area (Å²) in [5.41, 5.74) is 15.0. The lowest BCUT2D eigenvalue weighted by Gasteiger charge is -1.96. The van der Waals surface area contributed by atoms with E-state index >= 15 is 0 Å². The van der Waals surface area contributed by atoms with E-state index in [2.05, 4.69) is 27.0 Å². The van der Waals surface area contributed by atoms with Gasteiger partial charge in [0.25, 0.3) is 0 Å². The number of thiazole rings is 1. The van der Waals surface area contributed by atoms with E-state index in [1.165, 1.54) is 0 Å². The largest absolute Gasteiger partial charge is 0.471 e. The molecule has 2 heterocycles. The van der Waals surface area contributed by atoms with Crippen LogP contribution in [0.5, 0.6) is 0 Å². The van der Waals surface area contributed by atoms with E-state index in [0.29, 0.717) is 0 Å². The van der Waals surface area contributed by atoms with Crippen molar-refractivity contribution in [1.29, 1.82) is 0 Å². The highest BCUT2D eigenvalue weighted by molar-refractivity contribution is 7.17. The van der Waals surface area contributed by atoms with Gasteiger partial charge in [-0.1, -0.05) is 24.0 Å². The van der Waals surface area contributed by atoms with Gasteiger partial charge < -0.3 is 15.9 Å². The highest BCUT2D eigenvalue weighted by Crippen LogP contribution is 2.28. The first kappa shape index (κ1) is 17.5. The van der Waals surface area contributed by atoms with Gasteiger partial charge in [0.2, 0.25) is 5.96 Å². The van der Waals surface area contributed by atoms with Crippen LogP contribution >= 0.6 is 11.3 Å². The van der Waals surface area contributed by atoms with Crippen LogP contribution < -0.4 is 11.5 Å². The van der Waals surface area contributed by atoms with Crippen molar-refractivity contribution in [3.05, 3.63) is 64.6 Å². The van der Waals surface area contributed by atoms with Crippen LogP contribution in [0, 0.1) is 18.8 Å². The molecule has 0 radical (unpaired) electrons. The summed E-state index contributed by atoms with van der Waals surface area (Å²) < 4.78 is 5.00. The van der Waals surface area contributed by atoms with Gasteiger partial charge in [-0.3, -0.25) is 0 Å². The Morgan fingerprint density at radius 3 is 2.46 bits per heavy atom. The molecule has 6 nitrogen and oxygen atoms in total. The third kappa shape index (κ3) is 4.18. The molecule has 26 heavy (non-hydrogen) atoms. The minimum absolute atomic E-state index is 0.0705. The molecule has 0 fully saturated rings.